The van der Waals surface area contributed by atoms with Crippen LogP contribution in [0.25, 0.3) is 22.1 Å². The lowest BCUT2D eigenvalue weighted by molar-refractivity contribution is -0.120. The molecule has 2 aromatic heterocycles. The summed E-state index contributed by atoms with van der Waals surface area (Å²) in [7, 11) is -3.58. The van der Waals surface area contributed by atoms with Crippen molar-refractivity contribution in [3.05, 3.63) is 18.2 Å². The number of anilines is 1. The van der Waals surface area contributed by atoms with Gasteiger partial charge in [-0.1, -0.05) is 27.7 Å². The molecule has 0 bridgehead atoms. The van der Waals surface area contributed by atoms with Gasteiger partial charge in [0.05, 0.1) is 4.90 Å². The number of carbonyl (C=O) groups excluding carboxylic acids is 1. The first kappa shape index (κ1) is 21.1. The van der Waals surface area contributed by atoms with Gasteiger partial charge < -0.3 is 4.98 Å². The average molecular weight is 419 g/mol. The Morgan fingerprint density at radius 1 is 1.14 bits per heavy atom. The largest absolute Gasteiger partial charge is 0.338 e. The zero-order chi connectivity index (χ0) is 21.2. The van der Waals surface area contributed by atoms with Crippen LogP contribution >= 0.6 is 0 Å². The van der Waals surface area contributed by atoms with Gasteiger partial charge in [-0.15, -0.1) is 10.2 Å². The highest BCUT2D eigenvalue weighted by atomic mass is 32.2. The second kappa shape index (κ2) is 8.42. The molecule has 1 amide bonds. The lowest BCUT2D eigenvalue weighted by atomic mass is 10.0. The summed E-state index contributed by atoms with van der Waals surface area (Å²) in [5.74, 6) is -0.123. The van der Waals surface area contributed by atoms with E-state index in [1.807, 2.05) is 13.8 Å². The van der Waals surface area contributed by atoms with Gasteiger partial charge in [0.15, 0.2) is 5.65 Å². The third kappa shape index (κ3) is 3.95. The highest BCUT2D eigenvalue weighted by Gasteiger charge is 2.23. The van der Waals surface area contributed by atoms with E-state index in [0.717, 1.165) is 12.8 Å². The lowest BCUT2D eigenvalue weighted by Gasteiger charge is -2.18. The monoisotopic (exact) mass is 418 g/mol. The van der Waals surface area contributed by atoms with E-state index in [4.69, 9.17) is 0 Å². The Labute approximate surface area is 170 Å². The van der Waals surface area contributed by atoms with Crippen LogP contribution in [0, 0.1) is 5.92 Å². The zero-order valence-electron chi connectivity index (χ0n) is 17.1. The number of hydrogen-bond donors (Lipinski definition) is 2. The van der Waals surface area contributed by atoms with Crippen molar-refractivity contribution >= 4 is 43.9 Å². The molecule has 0 unspecified atom stereocenters. The molecule has 0 aliphatic heterocycles. The molecule has 2 N–H and O–H groups in total. The number of hydrogen-bond acceptors (Lipinski definition) is 6. The fourth-order valence-electron chi connectivity index (χ4n) is 3.35. The molecule has 0 saturated heterocycles. The number of carbonyl (C=O) groups is 1. The van der Waals surface area contributed by atoms with Gasteiger partial charge in [-0.2, -0.15) is 9.29 Å². The summed E-state index contributed by atoms with van der Waals surface area (Å²) in [5.41, 5.74) is 1.59. The number of benzene rings is 1. The zero-order valence-corrected chi connectivity index (χ0v) is 17.9. The molecule has 0 aliphatic carbocycles. The Kier molecular flexibility index (Phi) is 6.13. The van der Waals surface area contributed by atoms with Crippen molar-refractivity contribution in [2.75, 3.05) is 18.4 Å². The number of aromatic amines is 1. The first-order valence-electron chi connectivity index (χ1n) is 9.82. The van der Waals surface area contributed by atoms with Gasteiger partial charge in [0.25, 0.3) is 5.95 Å². The maximum Gasteiger partial charge on any atom is 0.251 e. The van der Waals surface area contributed by atoms with Crippen LogP contribution in [0.15, 0.2) is 23.1 Å². The van der Waals surface area contributed by atoms with Crippen LogP contribution in [0.3, 0.4) is 0 Å². The highest BCUT2D eigenvalue weighted by molar-refractivity contribution is 7.89. The summed E-state index contributed by atoms with van der Waals surface area (Å²) < 4.78 is 27.0. The van der Waals surface area contributed by atoms with Crippen LogP contribution in [-0.4, -0.2) is 51.9 Å². The van der Waals surface area contributed by atoms with E-state index < -0.39 is 10.0 Å². The maximum atomic E-state index is 12.8. The SMILES string of the molecule is CCC(CC)C(=O)Nc1nnc2c(n1)[nH]c1ccc(S(=O)(=O)N(CC)CC)cc12. The van der Waals surface area contributed by atoms with Crippen molar-refractivity contribution < 1.29 is 13.2 Å². The predicted molar refractivity (Wildman–Crippen MR) is 112 cm³/mol. The molecule has 0 aliphatic rings. The molecule has 10 heteroatoms. The molecule has 0 fully saturated rings. The van der Waals surface area contributed by atoms with Gasteiger partial charge in [0, 0.05) is 29.9 Å². The van der Waals surface area contributed by atoms with Crippen LogP contribution < -0.4 is 5.32 Å². The summed E-state index contributed by atoms with van der Waals surface area (Å²) >= 11 is 0. The molecule has 29 heavy (non-hydrogen) atoms. The summed E-state index contributed by atoms with van der Waals surface area (Å²) in [6, 6.07) is 4.84. The van der Waals surface area contributed by atoms with E-state index in [1.54, 1.807) is 32.0 Å². The van der Waals surface area contributed by atoms with Gasteiger partial charge in [0.1, 0.15) is 5.52 Å². The number of rotatable bonds is 8. The minimum absolute atomic E-state index is 0.107. The Bertz CT molecular complexity index is 1130. The average Bonchev–Trinajstić information content (AvgIpc) is 3.06. The first-order valence-corrected chi connectivity index (χ1v) is 11.3. The van der Waals surface area contributed by atoms with Crippen molar-refractivity contribution in [1.29, 1.82) is 0 Å². The van der Waals surface area contributed by atoms with E-state index in [1.165, 1.54) is 4.31 Å². The number of nitrogens with zero attached hydrogens (tertiary/aromatic N) is 4. The van der Waals surface area contributed by atoms with Crippen molar-refractivity contribution in [3.8, 4) is 0 Å². The maximum absolute atomic E-state index is 12.8. The van der Waals surface area contributed by atoms with Crippen LogP contribution in [0.2, 0.25) is 0 Å². The third-order valence-electron chi connectivity index (χ3n) is 5.12. The summed E-state index contributed by atoms with van der Waals surface area (Å²) in [6.07, 6.45) is 1.46. The molecule has 156 valence electrons. The quantitative estimate of drug-likeness (QED) is 0.580. The van der Waals surface area contributed by atoms with E-state index in [-0.39, 0.29) is 22.7 Å². The predicted octanol–water partition coefficient (Wildman–Crippen LogP) is 2.91. The van der Waals surface area contributed by atoms with Crippen LogP contribution in [0.1, 0.15) is 40.5 Å². The number of nitrogens with one attached hydrogen (secondary N) is 2. The van der Waals surface area contributed by atoms with Gasteiger partial charge >= 0.3 is 0 Å². The lowest BCUT2D eigenvalue weighted by Crippen LogP contribution is -2.30. The third-order valence-corrected chi connectivity index (χ3v) is 7.17. The van der Waals surface area contributed by atoms with E-state index in [0.29, 0.717) is 35.2 Å². The molecule has 9 nitrogen and oxygen atoms in total. The molecule has 3 aromatic rings. The van der Waals surface area contributed by atoms with E-state index >= 15 is 0 Å². The van der Waals surface area contributed by atoms with Crippen LogP contribution in [-0.2, 0) is 14.8 Å². The van der Waals surface area contributed by atoms with E-state index in [9.17, 15) is 13.2 Å². The minimum Gasteiger partial charge on any atom is -0.338 e. The number of sulfonamides is 1. The van der Waals surface area contributed by atoms with Crippen LogP contribution in [0.4, 0.5) is 5.95 Å². The highest BCUT2D eigenvalue weighted by Crippen LogP contribution is 2.27. The Hall–Kier alpha value is -2.59. The first-order chi connectivity index (χ1) is 13.8. The second-order valence-electron chi connectivity index (χ2n) is 6.76. The summed E-state index contributed by atoms with van der Waals surface area (Å²) in [4.78, 5) is 19.9. The van der Waals surface area contributed by atoms with Gasteiger partial charge in [-0.05, 0) is 31.0 Å². The Morgan fingerprint density at radius 2 is 1.83 bits per heavy atom. The smallest absolute Gasteiger partial charge is 0.251 e. The molecule has 3 rings (SSSR count). The number of fused-ring (bicyclic) bond motifs is 3. The topological polar surface area (TPSA) is 121 Å². The number of H-pyrrole nitrogens is 1. The van der Waals surface area contributed by atoms with Crippen molar-refractivity contribution in [2.45, 2.75) is 45.4 Å². The fourth-order valence-corrected chi connectivity index (χ4v) is 4.83. The molecular formula is C19H26N6O3S. The second-order valence-corrected chi connectivity index (χ2v) is 8.69. The van der Waals surface area contributed by atoms with Gasteiger partial charge in [-0.3, -0.25) is 10.1 Å². The van der Waals surface area contributed by atoms with Crippen LogP contribution in [0.5, 0.6) is 0 Å². The summed E-state index contributed by atoms with van der Waals surface area (Å²) in [5, 5.41) is 11.5. The van der Waals surface area contributed by atoms with Gasteiger partial charge in [-0.25, -0.2) is 8.42 Å². The van der Waals surface area contributed by atoms with Crippen molar-refractivity contribution in [2.24, 2.45) is 5.92 Å². The van der Waals surface area contributed by atoms with Crippen molar-refractivity contribution in [1.82, 2.24) is 24.5 Å². The molecule has 0 saturated carbocycles. The standard InChI is InChI=1S/C19H26N6O3S/c1-5-12(6-2)18(26)22-19-21-17-16(23-24-19)14-11-13(9-10-15(14)20-17)29(27,28)25(7-3)8-4/h9-12H,5-8H2,1-4H3,(H2,20,21,22,24,26). The Balaban J connectivity index is 2.00. The molecule has 0 spiro atoms. The molecule has 0 atom stereocenters. The molecular weight excluding hydrogens is 392 g/mol. The van der Waals surface area contributed by atoms with Crippen molar-refractivity contribution in [3.63, 3.8) is 0 Å². The fraction of sp³-hybridized carbons (Fsp3) is 0.474. The Morgan fingerprint density at radius 3 is 2.45 bits per heavy atom. The number of amides is 1. The molecule has 0 radical (unpaired) electrons. The minimum atomic E-state index is -3.58. The van der Waals surface area contributed by atoms with Gasteiger partial charge in [0.2, 0.25) is 15.9 Å². The normalized spacial score (nSPS) is 12.3. The number of aromatic nitrogens is 4. The summed E-state index contributed by atoms with van der Waals surface area (Å²) in [6.45, 7) is 8.31. The van der Waals surface area contributed by atoms with E-state index in [2.05, 4.69) is 25.5 Å². The molecule has 2 heterocycles. The molecule has 1 aromatic carbocycles.